The Morgan fingerprint density at radius 1 is 1.16 bits per heavy atom. The monoisotopic (exact) mass is 365 g/mol. The zero-order chi connectivity index (χ0) is 17.7. The second kappa shape index (κ2) is 8.10. The van der Waals surface area contributed by atoms with Crippen LogP contribution in [0.1, 0.15) is 36.0 Å². The van der Waals surface area contributed by atoms with Gasteiger partial charge < -0.3 is 19.9 Å². The summed E-state index contributed by atoms with van der Waals surface area (Å²) in [7, 11) is 0. The molecule has 0 unspecified atom stereocenters. The lowest BCUT2D eigenvalue weighted by molar-refractivity contribution is -0.144. The summed E-state index contributed by atoms with van der Waals surface area (Å²) in [4.78, 5) is 24.1. The van der Waals surface area contributed by atoms with Crippen LogP contribution < -0.4 is 10.1 Å². The molecule has 2 heterocycles. The van der Waals surface area contributed by atoms with Gasteiger partial charge in [0.1, 0.15) is 17.4 Å². The van der Waals surface area contributed by atoms with Gasteiger partial charge in [0.05, 0.1) is 13.2 Å². The van der Waals surface area contributed by atoms with E-state index >= 15 is 0 Å². The van der Waals surface area contributed by atoms with Crippen molar-refractivity contribution < 1.29 is 24.2 Å². The predicted octanol–water partition coefficient (Wildman–Crippen LogP) is 2.32. The van der Waals surface area contributed by atoms with Crippen LogP contribution in [0, 0.1) is 0 Å². The maximum absolute atomic E-state index is 12.5. The molecule has 0 spiro atoms. The van der Waals surface area contributed by atoms with E-state index in [0.29, 0.717) is 37.4 Å². The Bertz CT molecular complexity index is 606. The third-order valence-corrected chi connectivity index (χ3v) is 5.68. The van der Waals surface area contributed by atoms with E-state index in [9.17, 15) is 14.7 Å². The molecule has 0 radical (unpaired) electrons. The number of rotatable bonds is 5. The number of benzene rings is 1. The number of hydrogen-bond donors (Lipinski definition) is 2. The van der Waals surface area contributed by atoms with Crippen molar-refractivity contribution in [1.82, 2.24) is 5.32 Å². The minimum Gasteiger partial charge on any atom is -0.490 e. The summed E-state index contributed by atoms with van der Waals surface area (Å²) >= 11 is 1.72. The van der Waals surface area contributed by atoms with Crippen molar-refractivity contribution in [1.29, 1.82) is 0 Å². The van der Waals surface area contributed by atoms with Crippen molar-refractivity contribution in [3.8, 4) is 5.75 Å². The molecule has 2 saturated heterocycles. The molecule has 1 aromatic carbocycles. The average Bonchev–Trinajstić information content (AvgIpc) is 2.64. The van der Waals surface area contributed by atoms with E-state index in [1.165, 1.54) is 0 Å². The van der Waals surface area contributed by atoms with Crippen molar-refractivity contribution in [2.75, 3.05) is 24.7 Å². The molecule has 3 rings (SSSR count). The van der Waals surface area contributed by atoms with Crippen LogP contribution in [-0.2, 0) is 9.53 Å². The van der Waals surface area contributed by atoms with Gasteiger partial charge in [-0.2, -0.15) is 11.8 Å². The number of thioether (sulfide) groups is 1. The highest BCUT2D eigenvalue weighted by Gasteiger charge is 2.41. The van der Waals surface area contributed by atoms with Crippen LogP contribution in [0.5, 0.6) is 5.75 Å². The van der Waals surface area contributed by atoms with E-state index in [1.54, 1.807) is 36.0 Å². The number of amides is 1. The molecule has 7 heteroatoms. The molecule has 2 N–H and O–H groups in total. The van der Waals surface area contributed by atoms with Gasteiger partial charge in [0.15, 0.2) is 0 Å². The van der Waals surface area contributed by atoms with E-state index in [2.05, 4.69) is 5.32 Å². The number of carbonyl (C=O) groups is 2. The Labute approximate surface area is 151 Å². The number of carbonyl (C=O) groups excluding carboxylic acids is 1. The SMILES string of the molecule is O=C(NC1(C(=O)O)CCSCC1)c1ccc(OC2CCOCC2)cc1. The van der Waals surface area contributed by atoms with E-state index in [-0.39, 0.29) is 12.0 Å². The molecule has 25 heavy (non-hydrogen) atoms. The zero-order valence-corrected chi connectivity index (χ0v) is 14.8. The first-order valence-electron chi connectivity index (χ1n) is 8.57. The summed E-state index contributed by atoms with van der Waals surface area (Å²) in [5.74, 6) is 0.882. The first-order chi connectivity index (χ1) is 12.1. The van der Waals surface area contributed by atoms with Crippen LogP contribution in [0.4, 0.5) is 0 Å². The molecule has 6 nitrogen and oxygen atoms in total. The second-order valence-corrected chi connectivity index (χ2v) is 7.63. The minimum atomic E-state index is -1.15. The summed E-state index contributed by atoms with van der Waals surface area (Å²) in [5, 5.41) is 12.3. The van der Waals surface area contributed by atoms with Gasteiger partial charge in [-0.15, -0.1) is 0 Å². The number of aliphatic carboxylic acids is 1. The number of hydrogen-bond acceptors (Lipinski definition) is 5. The molecule has 0 bridgehead atoms. The number of ether oxygens (including phenoxy) is 2. The Morgan fingerprint density at radius 2 is 1.80 bits per heavy atom. The molecule has 1 aromatic rings. The summed E-state index contributed by atoms with van der Waals surface area (Å²) in [6.07, 6.45) is 2.76. The van der Waals surface area contributed by atoms with Gasteiger partial charge in [0, 0.05) is 18.4 Å². The minimum absolute atomic E-state index is 0.142. The van der Waals surface area contributed by atoms with E-state index in [0.717, 1.165) is 24.3 Å². The lowest BCUT2D eigenvalue weighted by Crippen LogP contribution is -2.56. The zero-order valence-electron chi connectivity index (χ0n) is 14.0. The third-order valence-electron chi connectivity index (χ3n) is 4.70. The standard InChI is InChI=1S/C18H23NO5S/c20-16(19-18(17(21)22)7-11-25-12-8-18)13-1-3-14(4-2-13)24-15-5-9-23-10-6-15/h1-4,15H,5-12H2,(H,19,20)(H,21,22). The van der Waals surface area contributed by atoms with Crippen LogP contribution in [0.25, 0.3) is 0 Å². The molecule has 2 fully saturated rings. The molecule has 2 aliphatic heterocycles. The Hall–Kier alpha value is -1.73. The average molecular weight is 365 g/mol. The fourth-order valence-electron chi connectivity index (χ4n) is 3.07. The molecular weight excluding hydrogens is 342 g/mol. The van der Waals surface area contributed by atoms with Crippen LogP contribution in [-0.4, -0.2) is 53.3 Å². The molecular formula is C18H23NO5S. The van der Waals surface area contributed by atoms with E-state index in [1.807, 2.05) is 0 Å². The normalized spacial score (nSPS) is 20.6. The fourth-order valence-corrected chi connectivity index (χ4v) is 4.26. The van der Waals surface area contributed by atoms with Crippen LogP contribution in [0.15, 0.2) is 24.3 Å². The van der Waals surface area contributed by atoms with Crippen molar-refractivity contribution in [2.24, 2.45) is 0 Å². The first kappa shape index (κ1) is 18.1. The molecule has 2 aliphatic rings. The third kappa shape index (κ3) is 4.46. The molecule has 0 atom stereocenters. The van der Waals surface area contributed by atoms with Gasteiger partial charge in [0.2, 0.25) is 0 Å². The quantitative estimate of drug-likeness (QED) is 0.833. The Balaban J connectivity index is 1.62. The largest absolute Gasteiger partial charge is 0.490 e. The van der Waals surface area contributed by atoms with Gasteiger partial charge in [-0.1, -0.05) is 0 Å². The second-order valence-electron chi connectivity index (χ2n) is 6.41. The van der Waals surface area contributed by atoms with Gasteiger partial charge in [0.25, 0.3) is 5.91 Å². The Morgan fingerprint density at radius 3 is 2.40 bits per heavy atom. The van der Waals surface area contributed by atoms with Gasteiger partial charge in [-0.05, 0) is 48.6 Å². The highest BCUT2D eigenvalue weighted by Crippen LogP contribution is 2.28. The van der Waals surface area contributed by atoms with E-state index in [4.69, 9.17) is 9.47 Å². The van der Waals surface area contributed by atoms with Gasteiger partial charge in [-0.3, -0.25) is 4.79 Å². The van der Waals surface area contributed by atoms with Gasteiger partial charge in [-0.25, -0.2) is 4.79 Å². The van der Waals surface area contributed by atoms with Crippen LogP contribution >= 0.6 is 11.8 Å². The summed E-state index contributed by atoms with van der Waals surface area (Å²) in [5.41, 5.74) is -0.710. The topological polar surface area (TPSA) is 84.9 Å². The lowest BCUT2D eigenvalue weighted by Gasteiger charge is -2.33. The lowest BCUT2D eigenvalue weighted by atomic mass is 9.92. The molecule has 0 aromatic heterocycles. The fraction of sp³-hybridized carbons (Fsp3) is 0.556. The van der Waals surface area contributed by atoms with Gasteiger partial charge >= 0.3 is 5.97 Å². The summed E-state index contributed by atoms with van der Waals surface area (Å²) < 4.78 is 11.2. The van der Waals surface area contributed by atoms with Crippen molar-refractivity contribution in [3.05, 3.63) is 29.8 Å². The van der Waals surface area contributed by atoms with Crippen molar-refractivity contribution >= 4 is 23.6 Å². The smallest absolute Gasteiger partial charge is 0.329 e. The van der Waals surface area contributed by atoms with E-state index < -0.39 is 11.5 Å². The molecule has 0 saturated carbocycles. The highest BCUT2D eigenvalue weighted by atomic mass is 32.2. The Kier molecular flexibility index (Phi) is 5.86. The number of nitrogens with one attached hydrogen (secondary N) is 1. The van der Waals surface area contributed by atoms with Crippen molar-refractivity contribution in [2.45, 2.75) is 37.3 Å². The summed E-state index contributed by atoms with van der Waals surface area (Å²) in [6.45, 7) is 1.42. The highest BCUT2D eigenvalue weighted by molar-refractivity contribution is 7.99. The number of carboxylic acids is 1. The maximum atomic E-state index is 12.5. The number of carboxylic acid groups (broad SMARTS) is 1. The van der Waals surface area contributed by atoms with Crippen molar-refractivity contribution in [3.63, 3.8) is 0 Å². The molecule has 136 valence electrons. The van der Waals surface area contributed by atoms with Crippen LogP contribution in [0.2, 0.25) is 0 Å². The molecule has 0 aliphatic carbocycles. The first-order valence-corrected chi connectivity index (χ1v) is 9.73. The molecule has 1 amide bonds. The maximum Gasteiger partial charge on any atom is 0.329 e. The predicted molar refractivity (Wildman–Crippen MR) is 95.3 cm³/mol. The van der Waals surface area contributed by atoms with Crippen LogP contribution in [0.3, 0.4) is 0 Å². The summed E-state index contributed by atoms with van der Waals surface area (Å²) in [6, 6.07) is 6.87.